The van der Waals surface area contributed by atoms with Crippen LogP contribution in [-0.4, -0.2) is 47.3 Å². The predicted octanol–water partition coefficient (Wildman–Crippen LogP) is 4.49. The molecule has 0 bridgehead atoms. The summed E-state index contributed by atoms with van der Waals surface area (Å²) >= 11 is 0. The van der Waals surface area contributed by atoms with Crippen LogP contribution in [0, 0.1) is 23.7 Å². The number of hydrogen-bond acceptors (Lipinski definition) is 3. The van der Waals surface area contributed by atoms with Crippen molar-refractivity contribution in [2.24, 2.45) is 23.7 Å². The molecule has 29 heavy (non-hydrogen) atoms. The highest BCUT2D eigenvalue weighted by Gasteiger charge is 2.42. The Labute approximate surface area is 177 Å². The monoisotopic (exact) mass is 403 g/mol. The van der Waals surface area contributed by atoms with E-state index >= 15 is 0 Å². The Morgan fingerprint density at radius 2 is 2.14 bits per heavy atom. The van der Waals surface area contributed by atoms with E-state index < -0.39 is 6.10 Å². The van der Waals surface area contributed by atoms with Gasteiger partial charge in [-0.05, 0) is 43.4 Å². The first kappa shape index (κ1) is 23.9. The number of amides is 1. The third-order valence-corrected chi connectivity index (χ3v) is 6.51. The van der Waals surface area contributed by atoms with Gasteiger partial charge in [0.25, 0.3) is 0 Å². The molecule has 2 N–H and O–H groups in total. The van der Waals surface area contributed by atoms with E-state index in [1.54, 1.807) is 19.0 Å². The highest BCUT2D eigenvalue weighted by Crippen LogP contribution is 2.47. The SMILES string of the molecule is CCCC[C@H](C)C[C@H](O)C=C[C@@H]1[C@H]2CC(C=CCCC(=O)N(C)C)=C[C@H]2C[C@H]1O. The summed E-state index contributed by atoms with van der Waals surface area (Å²) < 4.78 is 0. The van der Waals surface area contributed by atoms with E-state index in [9.17, 15) is 15.0 Å². The van der Waals surface area contributed by atoms with E-state index in [2.05, 4.69) is 38.2 Å². The van der Waals surface area contributed by atoms with Crippen LogP contribution in [-0.2, 0) is 4.79 Å². The number of allylic oxidation sites excluding steroid dienone is 4. The van der Waals surface area contributed by atoms with E-state index in [0.29, 0.717) is 24.2 Å². The van der Waals surface area contributed by atoms with Gasteiger partial charge in [-0.1, -0.05) is 69.1 Å². The largest absolute Gasteiger partial charge is 0.392 e. The van der Waals surface area contributed by atoms with Crippen LogP contribution in [0.1, 0.15) is 65.2 Å². The number of rotatable bonds is 11. The quantitative estimate of drug-likeness (QED) is 0.500. The summed E-state index contributed by atoms with van der Waals surface area (Å²) in [6.45, 7) is 4.40. The Morgan fingerprint density at radius 1 is 1.38 bits per heavy atom. The zero-order valence-electron chi connectivity index (χ0n) is 18.8. The summed E-state index contributed by atoms with van der Waals surface area (Å²) in [6, 6.07) is 0. The number of carbonyl (C=O) groups is 1. The Balaban J connectivity index is 1.82. The Morgan fingerprint density at radius 3 is 2.83 bits per heavy atom. The lowest BCUT2D eigenvalue weighted by molar-refractivity contribution is -0.128. The molecule has 6 atom stereocenters. The van der Waals surface area contributed by atoms with Gasteiger partial charge in [0.1, 0.15) is 0 Å². The van der Waals surface area contributed by atoms with Crippen LogP contribution < -0.4 is 0 Å². The summed E-state index contributed by atoms with van der Waals surface area (Å²) in [5.74, 6) is 1.65. The molecule has 4 heteroatoms. The second kappa shape index (κ2) is 11.7. The number of nitrogens with zero attached hydrogens (tertiary/aromatic N) is 1. The average molecular weight is 404 g/mol. The molecular weight excluding hydrogens is 362 g/mol. The lowest BCUT2D eigenvalue weighted by Gasteiger charge is -2.19. The minimum Gasteiger partial charge on any atom is -0.392 e. The molecule has 2 aliphatic carbocycles. The average Bonchev–Trinajstić information content (AvgIpc) is 3.17. The summed E-state index contributed by atoms with van der Waals surface area (Å²) in [4.78, 5) is 13.3. The van der Waals surface area contributed by atoms with Crippen molar-refractivity contribution in [2.75, 3.05) is 14.1 Å². The lowest BCUT2D eigenvalue weighted by atomic mass is 9.88. The molecule has 2 rings (SSSR count). The van der Waals surface area contributed by atoms with Crippen LogP contribution in [0.2, 0.25) is 0 Å². The smallest absolute Gasteiger partial charge is 0.222 e. The maximum Gasteiger partial charge on any atom is 0.222 e. The van der Waals surface area contributed by atoms with Crippen molar-refractivity contribution in [1.29, 1.82) is 0 Å². The number of hydrogen-bond donors (Lipinski definition) is 2. The van der Waals surface area contributed by atoms with Crippen molar-refractivity contribution in [2.45, 2.75) is 77.4 Å². The van der Waals surface area contributed by atoms with Gasteiger partial charge >= 0.3 is 0 Å². The van der Waals surface area contributed by atoms with Crippen LogP contribution in [0.4, 0.5) is 0 Å². The van der Waals surface area contributed by atoms with E-state index in [1.165, 1.54) is 18.4 Å². The first-order chi connectivity index (χ1) is 13.8. The highest BCUT2D eigenvalue weighted by molar-refractivity contribution is 5.75. The minimum atomic E-state index is -0.420. The minimum absolute atomic E-state index is 0.123. The van der Waals surface area contributed by atoms with Gasteiger partial charge in [0.05, 0.1) is 12.2 Å². The Bertz CT molecular complexity index is 607. The molecule has 0 aromatic rings. The molecule has 0 unspecified atom stereocenters. The van der Waals surface area contributed by atoms with Crippen molar-refractivity contribution < 1.29 is 15.0 Å². The maximum atomic E-state index is 11.6. The summed E-state index contributed by atoms with van der Waals surface area (Å²) in [6.07, 6.45) is 17.3. The van der Waals surface area contributed by atoms with Gasteiger partial charge in [-0.2, -0.15) is 0 Å². The number of carbonyl (C=O) groups excluding carboxylic acids is 1. The van der Waals surface area contributed by atoms with Crippen LogP contribution in [0.3, 0.4) is 0 Å². The van der Waals surface area contributed by atoms with E-state index in [-0.39, 0.29) is 17.9 Å². The molecule has 164 valence electrons. The molecule has 1 fully saturated rings. The summed E-state index contributed by atoms with van der Waals surface area (Å²) in [5, 5.41) is 20.9. The molecular formula is C25H41NO3. The molecule has 2 aliphatic rings. The van der Waals surface area contributed by atoms with Crippen molar-refractivity contribution in [3.05, 3.63) is 36.0 Å². The van der Waals surface area contributed by atoms with Crippen molar-refractivity contribution in [3.8, 4) is 0 Å². The Kier molecular flexibility index (Phi) is 9.64. The number of unbranched alkanes of at least 4 members (excludes halogenated alkanes) is 1. The predicted molar refractivity (Wildman–Crippen MR) is 119 cm³/mol. The zero-order chi connectivity index (χ0) is 21.4. The summed E-state index contributed by atoms with van der Waals surface area (Å²) in [5.41, 5.74) is 1.32. The second-order valence-corrected chi connectivity index (χ2v) is 9.32. The van der Waals surface area contributed by atoms with Gasteiger partial charge in [-0.3, -0.25) is 4.79 Å². The van der Waals surface area contributed by atoms with Gasteiger partial charge < -0.3 is 15.1 Å². The first-order valence-corrected chi connectivity index (χ1v) is 11.4. The van der Waals surface area contributed by atoms with E-state index in [4.69, 9.17) is 0 Å². The van der Waals surface area contributed by atoms with Crippen LogP contribution in [0.15, 0.2) is 36.0 Å². The topological polar surface area (TPSA) is 60.8 Å². The highest BCUT2D eigenvalue weighted by atomic mass is 16.3. The van der Waals surface area contributed by atoms with Gasteiger partial charge in [-0.25, -0.2) is 0 Å². The van der Waals surface area contributed by atoms with Crippen molar-refractivity contribution in [3.63, 3.8) is 0 Å². The number of aliphatic hydroxyl groups is 2. The second-order valence-electron chi connectivity index (χ2n) is 9.32. The molecule has 0 heterocycles. The molecule has 1 amide bonds. The molecule has 0 radical (unpaired) electrons. The molecule has 0 aliphatic heterocycles. The fraction of sp³-hybridized carbons (Fsp3) is 0.720. The van der Waals surface area contributed by atoms with Gasteiger partial charge in [0.15, 0.2) is 0 Å². The van der Waals surface area contributed by atoms with Crippen LogP contribution in [0.5, 0.6) is 0 Å². The zero-order valence-corrected chi connectivity index (χ0v) is 18.8. The van der Waals surface area contributed by atoms with E-state index in [0.717, 1.165) is 32.1 Å². The van der Waals surface area contributed by atoms with E-state index in [1.807, 2.05) is 6.08 Å². The number of fused-ring (bicyclic) bond motifs is 1. The fourth-order valence-corrected chi connectivity index (χ4v) is 4.75. The molecule has 0 spiro atoms. The summed E-state index contributed by atoms with van der Waals surface area (Å²) in [7, 11) is 3.57. The molecule has 1 saturated carbocycles. The Hall–Kier alpha value is -1.39. The van der Waals surface area contributed by atoms with Gasteiger partial charge in [0.2, 0.25) is 5.91 Å². The van der Waals surface area contributed by atoms with Crippen LogP contribution >= 0.6 is 0 Å². The fourth-order valence-electron chi connectivity index (χ4n) is 4.75. The molecule has 0 aromatic carbocycles. The normalized spacial score (nSPS) is 28.7. The third kappa shape index (κ3) is 7.42. The maximum absolute atomic E-state index is 11.6. The van der Waals surface area contributed by atoms with Crippen molar-refractivity contribution >= 4 is 5.91 Å². The molecule has 4 nitrogen and oxygen atoms in total. The lowest BCUT2D eigenvalue weighted by Crippen LogP contribution is -2.20. The number of aliphatic hydroxyl groups excluding tert-OH is 2. The molecule has 0 aromatic heterocycles. The van der Waals surface area contributed by atoms with Crippen LogP contribution in [0.25, 0.3) is 0 Å². The molecule has 0 saturated heterocycles. The first-order valence-electron chi connectivity index (χ1n) is 11.4. The van der Waals surface area contributed by atoms with Crippen molar-refractivity contribution in [1.82, 2.24) is 4.90 Å². The van der Waals surface area contributed by atoms with Gasteiger partial charge in [-0.15, -0.1) is 0 Å². The third-order valence-electron chi connectivity index (χ3n) is 6.51. The standard InChI is InChI=1S/C25H41NO3/c1-5-6-9-18(2)14-21(27)12-13-22-23-16-19(15-20(23)17-24(22)28)10-7-8-11-25(29)26(3)4/h7,10,12-13,15,18,20-24,27-28H,5-6,8-9,11,14,16-17H2,1-4H3/t18-,20-,21+,22+,23-,24+/m0/s1. The van der Waals surface area contributed by atoms with Gasteiger partial charge in [0, 0.05) is 26.4 Å².